The zero-order valence-electron chi connectivity index (χ0n) is 14.8. The predicted molar refractivity (Wildman–Crippen MR) is 103 cm³/mol. The number of ether oxygens (including phenoxy) is 1. The fourth-order valence-electron chi connectivity index (χ4n) is 2.59. The Kier molecular flexibility index (Phi) is 5.52. The monoisotopic (exact) mass is 382 g/mol. The van der Waals surface area contributed by atoms with E-state index in [1.54, 1.807) is 44.4 Å². The van der Waals surface area contributed by atoms with E-state index in [-0.39, 0.29) is 0 Å². The number of carbonyl (C=O) groups excluding carboxylic acids is 1. The summed E-state index contributed by atoms with van der Waals surface area (Å²) in [5, 5.41) is 12.8. The number of hydrogen-bond acceptors (Lipinski definition) is 5. The van der Waals surface area contributed by atoms with Crippen LogP contribution in [-0.4, -0.2) is 29.1 Å². The Morgan fingerprint density at radius 2 is 1.78 bits per heavy atom. The molecule has 6 nitrogen and oxygen atoms in total. The summed E-state index contributed by atoms with van der Waals surface area (Å²) in [5.41, 5.74) is 1.93. The molecule has 0 saturated heterocycles. The number of benzene rings is 2. The van der Waals surface area contributed by atoms with E-state index >= 15 is 0 Å². The molecule has 1 atom stereocenters. The number of aliphatic carboxylic acids is 1. The number of carbonyl (C=O) groups is 2. The summed E-state index contributed by atoms with van der Waals surface area (Å²) in [4.78, 5) is 29.1. The van der Waals surface area contributed by atoms with Gasteiger partial charge < -0.3 is 15.2 Å². The molecule has 3 aromatic rings. The standard InChI is InChI=1S/C20H18N2O4S/c1-12-17(27-19(21-12)14-8-10-15(26-2)11-9-14)18(23)22-16(20(24)25)13-6-4-3-5-7-13/h3-11,16H,1-2H3,(H,22,23)(H,24,25). The Morgan fingerprint density at radius 3 is 2.37 bits per heavy atom. The lowest BCUT2D eigenvalue weighted by molar-refractivity contribution is -0.139. The van der Waals surface area contributed by atoms with E-state index in [1.807, 2.05) is 24.3 Å². The van der Waals surface area contributed by atoms with Gasteiger partial charge in [-0.3, -0.25) is 4.79 Å². The second-order valence-electron chi connectivity index (χ2n) is 5.82. The van der Waals surface area contributed by atoms with Crippen LogP contribution in [0, 0.1) is 6.92 Å². The van der Waals surface area contributed by atoms with Crippen LogP contribution in [0.3, 0.4) is 0 Å². The van der Waals surface area contributed by atoms with Gasteiger partial charge in [0, 0.05) is 5.56 Å². The van der Waals surface area contributed by atoms with Gasteiger partial charge >= 0.3 is 5.97 Å². The molecule has 0 radical (unpaired) electrons. The van der Waals surface area contributed by atoms with Crippen LogP contribution in [0.2, 0.25) is 0 Å². The largest absolute Gasteiger partial charge is 0.497 e. The van der Waals surface area contributed by atoms with Crippen LogP contribution < -0.4 is 10.1 Å². The number of aromatic nitrogens is 1. The molecule has 7 heteroatoms. The highest BCUT2D eigenvalue weighted by molar-refractivity contribution is 7.17. The smallest absolute Gasteiger partial charge is 0.330 e. The van der Waals surface area contributed by atoms with Gasteiger partial charge in [0.25, 0.3) is 5.91 Å². The fraction of sp³-hybridized carbons (Fsp3) is 0.150. The number of nitrogens with one attached hydrogen (secondary N) is 1. The maximum Gasteiger partial charge on any atom is 0.330 e. The molecule has 0 bridgehead atoms. The summed E-state index contributed by atoms with van der Waals surface area (Å²) in [6, 6.07) is 14.8. The Bertz CT molecular complexity index is 952. The second-order valence-corrected chi connectivity index (χ2v) is 6.82. The first-order valence-corrected chi connectivity index (χ1v) is 9.01. The molecule has 0 aliphatic rings. The van der Waals surface area contributed by atoms with E-state index in [9.17, 15) is 14.7 Å². The fourth-order valence-corrected chi connectivity index (χ4v) is 3.57. The van der Waals surface area contributed by atoms with Crippen LogP contribution in [0.25, 0.3) is 10.6 Å². The van der Waals surface area contributed by atoms with Crippen molar-refractivity contribution in [1.29, 1.82) is 0 Å². The molecule has 0 aliphatic heterocycles. The third-order valence-electron chi connectivity index (χ3n) is 4.00. The van der Waals surface area contributed by atoms with Gasteiger partial charge in [0.15, 0.2) is 6.04 Å². The summed E-state index contributed by atoms with van der Waals surface area (Å²) >= 11 is 1.23. The zero-order valence-corrected chi connectivity index (χ0v) is 15.6. The average Bonchev–Trinajstić information content (AvgIpc) is 3.08. The molecule has 1 unspecified atom stereocenters. The minimum atomic E-state index is -1.12. The highest BCUT2D eigenvalue weighted by atomic mass is 32.1. The van der Waals surface area contributed by atoms with Gasteiger partial charge in [-0.15, -0.1) is 11.3 Å². The van der Waals surface area contributed by atoms with E-state index in [1.165, 1.54) is 11.3 Å². The molecule has 2 N–H and O–H groups in total. The first-order valence-electron chi connectivity index (χ1n) is 8.20. The highest BCUT2D eigenvalue weighted by Gasteiger charge is 2.25. The van der Waals surface area contributed by atoms with E-state index in [0.717, 1.165) is 11.3 Å². The number of carboxylic acids is 1. The van der Waals surface area contributed by atoms with E-state index in [2.05, 4.69) is 10.3 Å². The maximum atomic E-state index is 12.7. The molecule has 0 saturated carbocycles. The topological polar surface area (TPSA) is 88.5 Å². The maximum absolute atomic E-state index is 12.7. The predicted octanol–water partition coefficient (Wildman–Crippen LogP) is 3.68. The van der Waals surface area contributed by atoms with Gasteiger partial charge in [0.2, 0.25) is 0 Å². The van der Waals surface area contributed by atoms with Gasteiger partial charge in [-0.05, 0) is 36.8 Å². The molecule has 1 heterocycles. The van der Waals surface area contributed by atoms with E-state index in [4.69, 9.17) is 4.74 Å². The van der Waals surface area contributed by atoms with Crippen molar-refractivity contribution in [3.63, 3.8) is 0 Å². The Labute approximate surface area is 160 Å². The molecule has 138 valence electrons. The quantitative estimate of drug-likeness (QED) is 0.679. The molecule has 0 spiro atoms. The summed E-state index contributed by atoms with van der Waals surface area (Å²) in [6.07, 6.45) is 0. The third kappa shape index (κ3) is 4.15. The SMILES string of the molecule is COc1ccc(-c2nc(C)c(C(=O)NC(C(=O)O)c3ccccc3)s2)cc1. The molecule has 2 aromatic carbocycles. The first kappa shape index (κ1) is 18.6. The molecule has 0 fully saturated rings. The first-order chi connectivity index (χ1) is 13.0. The summed E-state index contributed by atoms with van der Waals surface area (Å²) in [6.45, 7) is 1.73. The third-order valence-corrected chi connectivity index (χ3v) is 5.20. The molecular weight excluding hydrogens is 364 g/mol. The minimum absolute atomic E-state index is 0.392. The van der Waals surface area contributed by atoms with Crippen molar-refractivity contribution in [3.8, 4) is 16.3 Å². The van der Waals surface area contributed by atoms with Crippen molar-refractivity contribution in [2.75, 3.05) is 7.11 Å². The lowest BCUT2D eigenvalue weighted by Crippen LogP contribution is -2.33. The van der Waals surface area contributed by atoms with Gasteiger partial charge in [0.05, 0.1) is 12.8 Å². The molecule has 1 aromatic heterocycles. The number of thiazole rings is 1. The van der Waals surface area contributed by atoms with Crippen LogP contribution in [0.1, 0.15) is 27.0 Å². The number of methoxy groups -OCH3 is 1. The summed E-state index contributed by atoms with van der Waals surface area (Å²) < 4.78 is 5.14. The number of nitrogens with zero attached hydrogens (tertiary/aromatic N) is 1. The number of aryl methyl sites for hydroxylation is 1. The molecule has 3 rings (SSSR count). The van der Waals surface area contributed by atoms with Crippen molar-refractivity contribution in [1.82, 2.24) is 10.3 Å². The molecule has 0 aliphatic carbocycles. The van der Waals surface area contributed by atoms with Crippen LogP contribution in [0.15, 0.2) is 54.6 Å². The van der Waals surface area contributed by atoms with Crippen molar-refractivity contribution in [3.05, 3.63) is 70.7 Å². The number of carboxylic acid groups (broad SMARTS) is 1. The zero-order chi connectivity index (χ0) is 19.4. The van der Waals surface area contributed by atoms with Gasteiger partial charge in [-0.2, -0.15) is 0 Å². The number of rotatable bonds is 6. The van der Waals surface area contributed by atoms with Crippen molar-refractivity contribution in [2.24, 2.45) is 0 Å². The van der Waals surface area contributed by atoms with Crippen molar-refractivity contribution < 1.29 is 19.4 Å². The highest BCUT2D eigenvalue weighted by Crippen LogP contribution is 2.29. The van der Waals surface area contributed by atoms with Gasteiger partial charge in [0.1, 0.15) is 15.6 Å². The Balaban J connectivity index is 1.84. The van der Waals surface area contributed by atoms with E-state index < -0.39 is 17.9 Å². The van der Waals surface area contributed by atoms with Gasteiger partial charge in [-0.1, -0.05) is 30.3 Å². The minimum Gasteiger partial charge on any atom is -0.497 e. The normalized spacial score (nSPS) is 11.6. The molecular formula is C20H18N2O4S. The second kappa shape index (κ2) is 8.01. The molecule has 1 amide bonds. The number of amides is 1. The Hall–Kier alpha value is -3.19. The van der Waals surface area contributed by atoms with Crippen LogP contribution in [0.4, 0.5) is 0 Å². The summed E-state index contributed by atoms with van der Waals surface area (Å²) in [5.74, 6) is -0.842. The van der Waals surface area contributed by atoms with Gasteiger partial charge in [-0.25, -0.2) is 9.78 Å². The molecule has 27 heavy (non-hydrogen) atoms. The Morgan fingerprint density at radius 1 is 1.11 bits per heavy atom. The average molecular weight is 382 g/mol. The van der Waals surface area contributed by atoms with E-state index in [0.29, 0.717) is 21.1 Å². The van der Waals surface area contributed by atoms with Crippen LogP contribution in [-0.2, 0) is 4.79 Å². The lowest BCUT2D eigenvalue weighted by Gasteiger charge is -2.14. The van der Waals surface area contributed by atoms with Crippen molar-refractivity contribution in [2.45, 2.75) is 13.0 Å². The van der Waals surface area contributed by atoms with Crippen molar-refractivity contribution >= 4 is 23.2 Å². The summed E-state index contributed by atoms with van der Waals surface area (Å²) in [7, 11) is 1.59. The lowest BCUT2D eigenvalue weighted by atomic mass is 10.1. The van der Waals surface area contributed by atoms with Crippen LogP contribution in [0.5, 0.6) is 5.75 Å². The number of hydrogen-bond donors (Lipinski definition) is 2. The van der Waals surface area contributed by atoms with Crippen LogP contribution >= 0.6 is 11.3 Å².